The molecule has 3 nitrogen and oxygen atoms in total. The van der Waals surface area contributed by atoms with Crippen molar-refractivity contribution in [3.05, 3.63) is 29.8 Å². The minimum absolute atomic E-state index is 0.599. The van der Waals surface area contributed by atoms with Crippen LogP contribution in [0.1, 0.15) is 32.8 Å². The van der Waals surface area contributed by atoms with Gasteiger partial charge in [0.1, 0.15) is 5.75 Å². The summed E-state index contributed by atoms with van der Waals surface area (Å²) in [6.45, 7) is 9.23. The number of nitrogens with zero attached hydrogens (tertiary/aromatic N) is 1. The Kier molecular flexibility index (Phi) is 5.44. The Labute approximate surface area is 123 Å². The first-order valence-corrected chi connectivity index (χ1v) is 7.71. The number of piperazine rings is 1. The molecule has 2 rings (SSSR count). The number of hydrogen-bond acceptors (Lipinski definition) is 3. The second kappa shape index (κ2) is 7.09. The van der Waals surface area contributed by atoms with Crippen LogP contribution in [-0.4, -0.2) is 43.2 Å². The van der Waals surface area contributed by atoms with Gasteiger partial charge in [-0.25, -0.2) is 0 Å². The molecule has 3 heteroatoms. The fourth-order valence-electron chi connectivity index (χ4n) is 3.08. The first-order chi connectivity index (χ1) is 9.58. The van der Waals surface area contributed by atoms with E-state index in [1.807, 2.05) is 0 Å². The molecular weight excluding hydrogens is 248 g/mol. The van der Waals surface area contributed by atoms with Crippen molar-refractivity contribution in [3.63, 3.8) is 0 Å². The van der Waals surface area contributed by atoms with Crippen molar-refractivity contribution in [1.29, 1.82) is 0 Å². The molecule has 0 radical (unpaired) electrons. The maximum Gasteiger partial charge on any atom is 0.118 e. The van der Waals surface area contributed by atoms with Gasteiger partial charge in [0, 0.05) is 31.2 Å². The molecule has 1 aliphatic rings. The summed E-state index contributed by atoms with van der Waals surface area (Å²) in [5, 5.41) is 3.59. The lowest BCUT2D eigenvalue weighted by molar-refractivity contribution is 0.126. The Morgan fingerprint density at radius 3 is 2.35 bits per heavy atom. The highest BCUT2D eigenvalue weighted by Gasteiger charge is 2.24. The van der Waals surface area contributed by atoms with E-state index in [1.54, 1.807) is 7.11 Å². The molecule has 1 aromatic rings. The van der Waals surface area contributed by atoms with E-state index in [0.717, 1.165) is 25.3 Å². The summed E-state index contributed by atoms with van der Waals surface area (Å²) >= 11 is 0. The van der Waals surface area contributed by atoms with Crippen LogP contribution in [-0.2, 0) is 6.42 Å². The lowest BCUT2D eigenvalue weighted by Gasteiger charge is -2.39. The number of aryl methyl sites for hydroxylation is 1. The third-order valence-electron chi connectivity index (χ3n) is 4.22. The van der Waals surface area contributed by atoms with Crippen molar-refractivity contribution < 1.29 is 4.74 Å². The Hall–Kier alpha value is -1.06. The standard InChI is InChI=1S/C17H28N2O/c1-13-11-19(12-14(2)18-13)15(3)5-6-16-7-9-17(20-4)10-8-16/h7-10,13-15,18H,5-6,11-12H2,1-4H3. The highest BCUT2D eigenvalue weighted by molar-refractivity contribution is 5.27. The van der Waals surface area contributed by atoms with Crippen LogP contribution < -0.4 is 10.1 Å². The van der Waals surface area contributed by atoms with E-state index in [4.69, 9.17) is 4.74 Å². The zero-order valence-corrected chi connectivity index (χ0v) is 13.2. The normalized spacial score (nSPS) is 25.4. The highest BCUT2D eigenvalue weighted by Crippen LogP contribution is 2.16. The topological polar surface area (TPSA) is 24.5 Å². The Morgan fingerprint density at radius 1 is 1.20 bits per heavy atom. The van der Waals surface area contributed by atoms with Crippen LogP contribution in [0.15, 0.2) is 24.3 Å². The van der Waals surface area contributed by atoms with Crippen LogP contribution in [0.5, 0.6) is 5.75 Å². The number of ether oxygens (including phenoxy) is 1. The zero-order valence-electron chi connectivity index (χ0n) is 13.2. The number of benzene rings is 1. The minimum atomic E-state index is 0.599. The van der Waals surface area contributed by atoms with Gasteiger partial charge in [-0.1, -0.05) is 12.1 Å². The average molecular weight is 276 g/mol. The third-order valence-corrected chi connectivity index (χ3v) is 4.22. The minimum Gasteiger partial charge on any atom is -0.497 e. The van der Waals surface area contributed by atoms with Crippen LogP contribution in [0.4, 0.5) is 0 Å². The third kappa shape index (κ3) is 4.22. The molecular formula is C17H28N2O. The van der Waals surface area contributed by atoms with Gasteiger partial charge < -0.3 is 10.1 Å². The average Bonchev–Trinajstić information content (AvgIpc) is 2.44. The SMILES string of the molecule is COc1ccc(CCC(C)N2CC(C)NC(C)C2)cc1. The summed E-state index contributed by atoms with van der Waals surface area (Å²) in [4.78, 5) is 2.62. The largest absolute Gasteiger partial charge is 0.497 e. The molecule has 0 amide bonds. The monoisotopic (exact) mass is 276 g/mol. The van der Waals surface area contributed by atoms with E-state index < -0.39 is 0 Å². The van der Waals surface area contributed by atoms with Crippen molar-refractivity contribution in [1.82, 2.24) is 10.2 Å². The molecule has 1 N–H and O–H groups in total. The van der Waals surface area contributed by atoms with Gasteiger partial charge in [0.25, 0.3) is 0 Å². The Bertz CT molecular complexity index is 394. The van der Waals surface area contributed by atoms with Gasteiger partial charge >= 0.3 is 0 Å². The fraction of sp³-hybridized carbons (Fsp3) is 0.647. The molecule has 1 saturated heterocycles. The molecule has 3 atom stereocenters. The molecule has 0 spiro atoms. The number of hydrogen-bond donors (Lipinski definition) is 1. The van der Waals surface area contributed by atoms with E-state index >= 15 is 0 Å². The van der Waals surface area contributed by atoms with Crippen molar-refractivity contribution in [3.8, 4) is 5.75 Å². The van der Waals surface area contributed by atoms with Gasteiger partial charge in [0.2, 0.25) is 0 Å². The lowest BCUT2D eigenvalue weighted by atomic mass is 10.0. The first-order valence-electron chi connectivity index (χ1n) is 7.71. The summed E-state index contributed by atoms with van der Waals surface area (Å²) in [5.41, 5.74) is 1.40. The van der Waals surface area contributed by atoms with Crippen molar-refractivity contribution in [2.45, 2.75) is 51.7 Å². The van der Waals surface area contributed by atoms with Crippen LogP contribution in [0.25, 0.3) is 0 Å². The van der Waals surface area contributed by atoms with Gasteiger partial charge in [0.15, 0.2) is 0 Å². The Balaban J connectivity index is 1.83. The smallest absolute Gasteiger partial charge is 0.118 e. The lowest BCUT2D eigenvalue weighted by Crippen LogP contribution is -2.56. The fourth-order valence-corrected chi connectivity index (χ4v) is 3.08. The van der Waals surface area contributed by atoms with Crippen molar-refractivity contribution in [2.24, 2.45) is 0 Å². The van der Waals surface area contributed by atoms with Crippen LogP contribution >= 0.6 is 0 Å². The van der Waals surface area contributed by atoms with E-state index in [1.165, 1.54) is 12.0 Å². The van der Waals surface area contributed by atoms with Crippen molar-refractivity contribution >= 4 is 0 Å². The molecule has 1 aliphatic heterocycles. The second-order valence-electron chi connectivity index (χ2n) is 6.16. The van der Waals surface area contributed by atoms with Crippen molar-refractivity contribution in [2.75, 3.05) is 20.2 Å². The summed E-state index contributed by atoms with van der Waals surface area (Å²) < 4.78 is 5.20. The van der Waals surface area contributed by atoms with E-state index in [2.05, 4.69) is 55.3 Å². The first kappa shape index (κ1) is 15.3. The molecule has 1 fully saturated rings. The predicted molar refractivity (Wildman–Crippen MR) is 84.4 cm³/mol. The van der Waals surface area contributed by atoms with E-state index in [-0.39, 0.29) is 0 Å². The molecule has 3 unspecified atom stereocenters. The van der Waals surface area contributed by atoms with Crippen LogP contribution in [0.2, 0.25) is 0 Å². The summed E-state index contributed by atoms with van der Waals surface area (Å²) in [6, 6.07) is 10.3. The predicted octanol–water partition coefficient (Wildman–Crippen LogP) is 2.70. The Morgan fingerprint density at radius 2 is 1.80 bits per heavy atom. The van der Waals surface area contributed by atoms with Gasteiger partial charge in [-0.05, 0) is 51.3 Å². The van der Waals surface area contributed by atoms with Gasteiger partial charge in [-0.15, -0.1) is 0 Å². The summed E-state index contributed by atoms with van der Waals surface area (Å²) in [5.74, 6) is 0.937. The second-order valence-corrected chi connectivity index (χ2v) is 6.16. The number of rotatable bonds is 5. The van der Waals surface area contributed by atoms with E-state index in [9.17, 15) is 0 Å². The van der Waals surface area contributed by atoms with Crippen LogP contribution in [0, 0.1) is 0 Å². The summed E-state index contributed by atoms with van der Waals surface area (Å²) in [6.07, 6.45) is 2.35. The summed E-state index contributed by atoms with van der Waals surface area (Å²) in [7, 11) is 1.71. The molecule has 20 heavy (non-hydrogen) atoms. The highest BCUT2D eigenvalue weighted by atomic mass is 16.5. The van der Waals surface area contributed by atoms with Crippen LogP contribution in [0.3, 0.4) is 0 Å². The molecule has 1 heterocycles. The van der Waals surface area contributed by atoms with E-state index in [0.29, 0.717) is 18.1 Å². The van der Waals surface area contributed by atoms with Gasteiger partial charge in [-0.3, -0.25) is 4.90 Å². The number of methoxy groups -OCH3 is 1. The maximum atomic E-state index is 5.20. The van der Waals surface area contributed by atoms with Gasteiger partial charge in [-0.2, -0.15) is 0 Å². The number of nitrogens with one attached hydrogen (secondary N) is 1. The molecule has 0 aromatic heterocycles. The molecule has 1 aromatic carbocycles. The molecule has 112 valence electrons. The molecule has 0 saturated carbocycles. The maximum absolute atomic E-state index is 5.20. The van der Waals surface area contributed by atoms with Gasteiger partial charge in [0.05, 0.1) is 7.11 Å². The zero-order chi connectivity index (χ0) is 14.5. The molecule has 0 bridgehead atoms. The molecule has 0 aliphatic carbocycles. The quantitative estimate of drug-likeness (QED) is 0.895.